The van der Waals surface area contributed by atoms with E-state index in [4.69, 9.17) is 0 Å². The van der Waals surface area contributed by atoms with E-state index in [0.717, 1.165) is 18.8 Å². The van der Waals surface area contributed by atoms with Crippen LogP contribution in [-0.4, -0.2) is 14.0 Å². The van der Waals surface area contributed by atoms with Gasteiger partial charge in [-0.1, -0.05) is 75.8 Å². The molecule has 0 aromatic carbocycles. The molecule has 0 N–H and O–H groups in total. The summed E-state index contributed by atoms with van der Waals surface area (Å²) in [5.41, 5.74) is 0. The highest BCUT2D eigenvalue weighted by molar-refractivity contribution is 6.46. The lowest BCUT2D eigenvalue weighted by atomic mass is 9.38. The molecule has 2 fully saturated rings. The van der Waals surface area contributed by atoms with E-state index in [9.17, 15) is 4.39 Å². The van der Waals surface area contributed by atoms with Crippen LogP contribution in [0.15, 0.2) is 0 Å². The predicted molar refractivity (Wildman–Crippen MR) is 73.5 cm³/mol. The molecule has 2 bridgehead atoms. The van der Waals surface area contributed by atoms with Crippen LogP contribution in [0.25, 0.3) is 0 Å². The molecule has 3 unspecified atom stereocenters. The smallest absolute Gasteiger partial charge is 0.126 e. The molecule has 2 aliphatic heterocycles. The van der Waals surface area contributed by atoms with Gasteiger partial charge in [0.05, 0.1) is 6.67 Å². The summed E-state index contributed by atoms with van der Waals surface area (Å²) in [4.78, 5) is 0. The van der Waals surface area contributed by atoms with Crippen LogP contribution in [0.5, 0.6) is 0 Å². The van der Waals surface area contributed by atoms with E-state index in [0.29, 0.717) is 10.6 Å². The lowest BCUT2D eigenvalue weighted by Crippen LogP contribution is -2.27. The lowest BCUT2D eigenvalue weighted by molar-refractivity contribution is 0.355. The molecule has 2 heteroatoms. The summed E-state index contributed by atoms with van der Waals surface area (Å²) in [6.45, 7) is 4.69. The van der Waals surface area contributed by atoms with Gasteiger partial charge in [-0.3, -0.25) is 4.39 Å². The zero-order chi connectivity index (χ0) is 12.4. The average Bonchev–Trinajstić information content (AvgIpc) is 2.51. The van der Waals surface area contributed by atoms with Gasteiger partial charge >= 0.3 is 0 Å². The minimum absolute atomic E-state index is 0.133. The van der Waals surface area contributed by atoms with Crippen LogP contribution in [0.1, 0.15) is 71.6 Å². The maximum absolute atomic E-state index is 12.1. The number of fused-ring (bicyclic) bond motifs is 2. The van der Waals surface area contributed by atoms with E-state index >= 15 is 0 Å². The molecule has 1 radical (unpaired) electrons. The second kappa shape index (κ2) is 5.32. The first-order valence-electron chi connectivity index (χ1n) is 7.57. The third-order valence-corrected chi connectivity index (χ3v) is 5.41. The summed E-state index contributed by atoms with van der Waals surface area (Å²) < 4.78 is 12.1. The minimum atomic E-state index is -0.133. The van der Waals surface area contributed by atoms with Crippen molar-refractivity contribution in [2.45, 2.75) is 82.3 Å². The number of hydrogen-bond acceptors (Lipinski definition) is 0. The molecule has 0 aliphatic carbocycles. The van der Waals surface area contributed by atoms with Crippen molar-refractivity contribution in [3.8, 4) is 0 Å². The van der Waals surface area contributed by atoms with Crippen molar-refractivity contribution in [2.24, 2.45) is 5.92 Å². The number of alkyl halides is 1. The average molecular weight is 237 g/mol. The Morgan fingerprint density at radius 2 is 2.06 bits per heavy atom. The summed E-state index contributed by atoms with van der Waals surface area (Å²) in [7, 11) is 2.72. The maximum Gasteiger partial charge on any atom is 0.126 e. The van der Waals surface area contributed by atoms with Gasteiger partial charge in [0.25, 0.3) is 0 Å². The van der Waals surface area contributed by atoms with Crippen molar-refractivity contribution in [1.82, 2.24) is 0 Å². The summed E-state index contributed by atoms with van der Waals surface area (Å²) >= 11 is 0. The Kier molecular flexibility index (Phi) is 4.20. The summed E-state index contributed by atoms with van der Waals surface area (Å²) in [6.07, 6.45) is 11.4. The van der Waals surface area contributed by atoms with E-state index in [1.54, 1.807) is 0 Å². The third-order valence-electron chi connectivity index (χ3n) is 5.41. The fraction of sp³-hybridized carbons (Fsp3) is 1.00. The Bertz CT molecular complexity index is 255. The quantitative estimate of drug-likeness (QED) is 0.441. The molecule has 17 heavy (non-hydrogen) atoms. The molecule has 2 rings (SSSR count). The number of halogens is 1. The molecule has 2 heterocycles. The molecular formula is C15H27BF. The van der Waals surface area contributed by atoms with Crippen molar-refractivity contribution in [3.05, 3.63) is 0 Å². The van der Waals surface area contributed by atoms with Gasteiger partial charge in [0.1, 0.15) is 7.28 Å². The van der Waals surface area contributed by atoms with Gasteiger partial charge < -0.3 is 0 Å². The second-order valence-corrected chi connectivity index (χ2v) is 6.68. The topological polar surface area (TPSA) is 0 Å². The molecule has 0 nitrogen and oxygen atoms in total. The van der Waals surface area contributed by atoms with Crippen molar-refractivity contribution in [3.63, 3.8) is 0 Å². The SMILES string of the molecule is CCC1CC2(CCCCCF)[B]C1(C)CCC2. The van der Waals surface area contributed by atoms with E-state index in [2.05, 4.69) is 21.1 Å². The van der Waals surface area contributed by atoms with Crippen molar-refractivity contribution >= 4 is 7.28 Å². The lowest BCUT2D eigenvalue weighted by Gasteiger charge is -2.37. The van der Waals surface area contributed by atoms with Gasteiger partial charge in [-0.2, -0.15) is 0 Å². The van der Waals surface area contributed by atoms with Gasteiger partial charge in [-0.15, -0.1) is 0 Å². The Morgan fingerprint density at radius 1 is 1.24 bits per heavy atom. The molecule has 0 saturated carbocycles. The van der Waals surface area contributed by atoms with Gasteiger partial charge in [0, 0.05) is 0 Å². The van der Waals surface area contributed by atoms with Gasteiger partial charge in [0.2, 0.25) is 0 Å². The summed E-state index contributed by atoms with van der Waals surface area (Å²) in [5.74, 6) is 0.908. The molecule has 0 aromatic rings. The molecule has 97 valence electrons. The van der Waals surface area contributed by atoms with Crippen LogP contribution >= 0.6 is 0 Å². The first-order valence-corrected chi connectivity index (χ1v) is 7.57. The van der Waals surface area contributed by atoms with Crippen LogP contribution < -0.4 is 0 Å². The van der Waals surface area contributed by atoms with E-state index < -0.39 is 0 Å². The molecule has 0 spiro atoms. The Labute approximate surface area is 107 Å². The highest BCUT2D eigenvalue weighted by atomic mass is 19.1. The van der Waals surface area contributed by atoms with Gasteiger partial charge in [-0.25, -0.2) is 0 Å². The van der Waals surface area contributed by atoms with E-state index in [1.165, 1.54) is 44.9 Å². The second-order valence-electron chi connectivity index (χ2n) is 6.68. The summed E-state index contributed by atoms with van der Waals surface area (Å²) in [5, 5.41) is 1.05. The fourth-order valence-electron chi connectivity index (χ4n) is 4.53. The van der Waals surface area contributed by atoms with Crippen molar-refractivity contribution in [2.75, 3.05) is 6.67 Å². The number of rotatable bonds is 6. The van der Waals surface area contributed by atoms with E-state index in [-0.39, 0.29) is 6.67 Å². The molecule has 0 aromatic heterocycles. The Morgan fingerprint density at radius 3 is 2.76 bits per heavy atom. The number of unbranched alkanes of at least 4 members (excludes halogenated alkanes) is 2. The zero-order valence-corrected chi connectivity index (χ0v) is 11.6. The molecule has 3 atom stereocenters. The largest absolute Gasteiger partial charge is 0.251 e. The normalized spacial score (nSPS) is 40.3. The fourth-order valence-corrected chi connectivity index (χ4v) is 4.53. The van der Waals surface area contributed by atoms with Gasteiger partial charge in [0.15, 0.2) is 0 Å². The monoisotopic (exact) mass is 237 g/mol. The highest BCUT2D eigenvalue weighted by Crippen LogP contribution is 2.66. The van der Waals surface area contributed by atoms with E-state index in [1.807, 2.05) is 0 Å². The van der Waals surface area contributed by atoms with Crippen LogP contribution in [0.2, 0.25) is 10.6 Å². The maximum atomic E-state index is 12.1. The molecule has 2 aliphatic rings. The Balaban J connectivity index is 1.92. The predicted octanol–water partition coefficient (Wildman–Crippen LogP) is 5.17. The van der Waals surface area contributed by atoms with Crippen molar-refractivity contribution < 1.29 is 4.39 Å². The first kappa shape index (κ1) is 13.4. The minimum Gasteiger partial charge on any atom is -0.251 e. The van der Waals surface area contributed by atoms with Gasteiger partial charge in [-0.05, 0) is 12.3 Å². The number of hydrogen-bond donors (Lipinski definition) is 0. The van der Waals surface area contributed by atoms with Crippen LogP contribution in [-0.2, 0) is 0 Å². The molecule has 2 saturated heterocycles. The summed E-state index contributed by atoms with van der Waals surface area (Å²) in [6, 6.07) is 0. The van der Waals surface area contributed by atoms with Crippen LogP contribution in [0.3, 0.4) is 0 Å². The van der Waals surface area contributed by atoms with Crippen LogP contribution in [0, 0.1) is 5.92 Å². The first-order chi connectivity index (χ1) is 8.14. The van der Waals surface area contributed by atoms with Crippen molar-refractivity contribution in [1.29, 1.82) is 0 Å². The van der Waals surface area contributed by atoms with Crippen LogP contribution in [0.4, 0.5) is 4.39 Å². The zero-order valence-electron chi connectivity index (χ0n) is 11.6. The standard InChI is InChI=1S/C15H27BF/c1-3-13-12-15(9-5-4-6-11-17)10-7-8-14(13,2)16-15/h13H,3-12H2,1-2H3. The third kappa shape index (κ3) is 2.71. The Hall–Kier alpha value is -0.00506. The molecule has 0 amide bonds. The highest BCUT2D eigenvalue weighted by Gasteiger charge is 2.53. The molecular weight excluding hydrogens is 210 g/mol.